The molecule has 2 atom stereocenters. The molecular formula is C78H151NO5. The van der Waals surface area contributed by atoms with Crippen LogP contribution in [0.3, 0.4) is 0 Å². The highest BCUT2D eigenvalue weighted by Gasteiger charge is 2.20. The monoisotopic (exact) mass is 1180 g/mol. The van der Waals surface area contributed by atoms with Gasteiger partial charge >= 0.3 is 5.97 Å². The van der Waals surface area contributed by atoms with Crippen LogP contribution in [0.5, 0.6) is 0 Å². The van der Waals surface area contributed by atoms with E-state index in [0.29, 0.717) is 25.9 Å². The number of carbonyl (C=O) groups excluding carboxylic acids is 2. The van der Waals surface area contributed by atoms with Crippen LogP contribution in [0.4, 0.5) is 0 Å². The van der Waals surface area contributed by atoms with Gasteiger partial charge in [-0.15, -0.1) is 0 Å². The summed E-state index contributed by atoms with van der Waals surface area (Å²) in [6, 6.07) is -0.542. The summed E-state index contributed by atoms with van der Waals surface area (Å²) < 4.78 is 5.50. The highest BCUT2D eigenvalue weighted by molar-refractivity contribution is 5.76. The predicted octanol–water partition coefficient (Wildman–Crippen LogP) is 25.3. The zero-order chi connectivity index (χ0) is 60.6. The quantitative estimate of drug-likeness (QED) is 0.0320. The van der Waals surface area contributed by atoms with Crippen molar-refractivity contribution in [1.29, 1.82) is 0 Å². The lowest BCUT2D eigenvalue weighted by Gasteiger charge is -2.22. The first-order valence-corrected chi connectivity index (χ1v) is 38.6. The third kappa shape index (κ3) is 69.4. The molecular weight excluding hydrogens is 1030 g/mol. The molecule has 0 saturated heterocycles. The molecule has 498 valence electrons. The van der Waals surface area contributed by atoms with Crippen molar-refractivity contribution in [1.82, 2.24) is 5.32 Å². The number of hydrogen-bond acceptors (Lipinski definition) is 5. The van der Waals surface area contributed by atoms with Crippen LogP contribution >= 0.6 is 0 Å². The van der Waals surface area contributed by atoms with Gasteiger partial charge in [-0.1, -0.05) is 391 Å². The molecule has 0 fully saturated rings. The van der Waals surface area contributed by atoms with Gasteiger partial charge in [0.25, 0.3) is 0 Å². The van der Waals surface area contributed by atoms with E-state index >= 15 is 0 Å². The third-order valence-electron chi connectivity index (χ3n) is 18.3. The highest BCUT2D eigenvalue weighted by atomic mass is 16.5. The SMILES string of the molecule is CCCCCCCCCCCCCCCCCCCCCCCC(O)C(CO)NC(=O)CCCCCCCCCCCCCCCCC/C=C\C/C=C\CCCCCCCCCCCOC(=O)CCCCCCCCCCCCCCCCC. The standard InChI is InChI=1S/C78H151NO5/c1-3-5-7-9-11-13-15-17-19-20-21-33-36-39-43-46-50-54-58-62-66-70-76(81)75(74-80)79-77(82)71-67-63-59-55-51-47-44-40-37-34-31-29-27-25-23-22-24-26-28-30-32-35-38-41-45-49-53-57-61-65-69-73-84-78(83)72-68-64-60-56-52-48-42-18-16-14-12-10-8-6-4-2/h24,26,30,32,75-76,80-81H,3-23,25,27-29,31,33-74H2,1-2H3,(H,79,82)/b26-24-,32-30-. The van der Waals surface area contributed by atoms with E-state index in [2.05, 4.69) is 43.5 Å². The van der Waals surface area contributed by atoms with E-state index in [-0.39, 0.29) is 18.5 Å². The number of nitrogens with one attached hydrogen (secondary N) is 1. The first-order chi connectivity index (χ1) is 41.5. The second kappa shape index (κ2) is 73.8. The molecule has 0 aromatic carbocycles. The van der Waals surface area contributed by atoms with E-state index in [1.54, 1.807) is 0 Å². The van der Waals surface area contributed by atoms with E-state index in [4.69, 9.17) is 4.74 Å². The van der Waals surface area contributed by atoms with Crippen LogP contribution in [-0.4, -0.2) is 47.4 Å². The molecule has 0 saturated carbocycles. The Kier molecular flexibility index (Phi) is 72.3. The van der Waals surface area contributed by atoms with Crippen LogP contribution in [0.1, 0.15) is 438 Å². The Morgan fingerprint density at radius 1 is 0.333 bits per heavy atom. The van der Waals surface area contributed by atoms with Gasteiger partial charge in [-0.25, -0.2) is 0 Å². The fourth-order valence-electron chi connectivity index (χ4n) is 12.4. The number of aliphatic hydroxyl groups excluding tert-OH is 2. The van der Waals surface area contributed by atoms with Gasteiger partial charge in [-0.3, -0.25) is 9.59 Å². The zero-order valence-corrected chi connectivity index (χ0v) is 57.2. The Labute approximate surface area is 526 Å². The van der Waals surface area contributed by atoms with Gasteiger partial charge < -0.3 is 20.3 Å². The van der Waals surface area contributed by atoms with E-state index in [0.717, 1.165) is 44.9 Å². The summed E-state index contributed by atoms with van der Waals surface area (Å²) in [5.74, 6) is -0.0122. The fraction of sp³-hybridized carbons (Fsp3) is 0.923. The van der Waals surface area contributed by atoms with Crippen LogP contribution in [0.15, 0.2) is 24.3 Å². The maximum atomic E-state index is 12.6. The van der Waals surface area contributed by atoms with E-state index < -0.39 is 12.1 Å². The van der Waals surface area contributed by atoms with Gasteiger partial charge in [0.15, 0.2) is 0 Å². The Morgan fingerprint density at radius 2 is 0.595 bits per heavy atom. The van der Waals surface area contributed by atoms with Crippen molar-refractivity contribution in [2.24, 2.45) is 0 Å². The van der Waals surface area contributed by atoms with E-state index in [9.17, 15) is 19.8 Å². The van der Waals surface area contributed by atoms with Crippen LogP contribution in [0.2, 0.25) is 0 Å². The zero-order valence-electron chi connectivity index (χ0n) is 57.2. The molecule has 0 aromatic heterocycles. The minimum absolute atomic E-state index is 0.0171. The maximum Gasteiger partial charge on any atom is 0.305 e. The van der Waals surface area contributed by atoms with Gasteiger partial charge in [0.2, 0.25) is 5.91 Å². The van der Waals surface area contributed by atoms with Crippen LogP contribution in [0, 0.1) is 0 Å². The summed E-state index contributed by atoms with van der Waals surface area (Å²) in [7, 11) is 0. The van der Waals surface area contributed by atoms with Crippen molar-refractivity contribution >= 4 is 11.9 Å². The molecule has 84 heavy (non-hydrogen) atoms. The van der Waals surface area contributed by atoms with Crippen molar-refractivity contribution in [3.63, 3.8) is 0 Å². The smallest absolute Gasteiger partial charge is 0.305 e. The number of carbonyl (C=O) groups is 2. The number of amides is 1. The molecule has 2 unspecified atom stereocenters. The molecule has 0 aliphatic rings. The number of allylic oxidation sites excluding steroid dienone is 4. The summed E-state index contributed by atoms with van der Waals surface area (Å²) in [4.78, 5) is 24.6. The maximum absolute atomic E-state index is 12.6. The molecule has 6 nitrogen and oxygen atoms in total. The lowest BCUT2D eigenvalue weighted by Crippen LogP contribution is -2.45. The van der Waals surface area contributed by atoms with Crippen molar-refractivity contribution in [3.05, 3.63) is 24.3 Å². The molecule has 0 aromatic rings. The normalized spacial score (nSPS) is 12.6. The number of unbranched alkanes of at least 4 members (excludes halogenated alkanes) is 58. The molecule has 6 heteroatoms. The fourth-order valence-corrected chi connectivity index (χ4v) is 12.4. The summed E-state index contributed by atoms with van der Waals surface area (Å²) in [5, 5.41) is 23.4. The molecule has 1 amide bonds. The van der Waals surface area contributed by atoms with Gasteiger partial charge in [-0.05, 0) is 57.8 Å². The summed E-state index contributed by atoms with van der Waals surface area (Å²) >= 11 is 0. The first-order valence-electron chi connectivity index (χ1n) is 38.6. The topological polar surface area (TPSA) is 95.9 Å². The van der Waals surface area contributed by atoms with Crippen LogP contribution < -0.4 is 5.32 Å². The van der Waals surface area contributed by atoms with Crippen molar-refractivity contribution in [2.75, 3.05) is 13.2 Å². The lowest BCUT2D eigenvalue weighted by molar-refractivity contribution is -0.143. The summed E-state index contributed by atoms with van der Waals surface area (Å²) in [6.45, 7) is 5.00. The number of esters is 1. The molecule has 0 radical (unpaired) electrons. The minimum Gasteiger partial charge on any atom is -0.466 e. The average Bonchev–Trinajstić information content (AvgIpc) is 3.53. The van der Waals surface area contributed by atoms with Crippen molar-refractivity contribution in [2.45, 2.75) is 450 Å². The Morgan fingerprint density at radius 3 is 0.905 bits per heavy atom. The van der Waals surface area contributed by atoms with Crippen LogP contribution in [0.25, 0.3) is 0 Å². The van der Waals surface area contributed by atoms with E-state index in [1.165, 1.54) is 360 Å². The second-order valence-corrected chi connectivity index (χ2v) is 26.7. The Bertz CT molecular complexity index is 1320. The number of hydrogen-bond donors (Lipinski definition) is 3. The number of aliphatic hydroxyl groups is 2. The molecule has 0 aliphatic heterocycles. The van der Waals surface area contributed by atoms with Gasteiger partial charge in [0.1, 0.15) is 0 Å². The molecule has 0 bridgehead atoms. The Hall–Kier alpha value is -1.66. The molecule has 0 spiro atoms. The predicted molar refractivity (Wildman–Crippen MR) is 370 cm³/mol. The largest absolute Gasteiger partial charge is 0.466 e. The summed E-state index contributed by atoms with van der Waals surface area (Å²) in [5.41, 5.74) is 0. The van der Waals surface area contributed by atoms with Crippen molar-refractivity contribution < 1.29 is 24.5 Å². The van der Waals surface area contributed by atoms with Gasteiger partial charge in [-0.2, -0.15) is 0 Å². The highest BCUT2D eigenvalue weighted by Crippen LogP contribution is 2.20. The second-order valence-electron chi connectivity index (χ2n) is 26.7. The minimum atomic E-state index is -0.665. The van der Waals surface area contributed by atoms with Crippen LogP contribution in [-0.2, 0) is 14.3 Å². The van der Waals surface area contributed by atoms with E-state index in [1.807, 2.05) is 0 Å². The number of rotatable bonds is 73. The molecule has 0 heterocycles. The Balaban J connectivity index is 3.38. The summed E-state index contributed by atoms with van der Waals surface area (Å²) in [6.07, 6.45) is 94.0. The van der Waals surface area contributed by atoms with Gasteiger partial charge in [0.05, 0.1) is 25.4 Å². The first kappa shape index (κ1) is 82.3. The van der Waals surface area contributed by atoms with Gasteiger partial charge in [0, 0.05) is 12.8 Å². The lowest BCUT2D eigenvalue weighted by atomic mass is 10.0. The number of ether oxygens (including phenoxy) is 1. The van der Waals surface area contributed by atoms with Crippen molar-refractivity contribution in [3.8, 4) is 0 Å². The molecule has 3 N–H and O–H groups in total. The third-order valence-corrected chi connectivity index (χ3v) is 18.3. The average molecular weight is 1180 g/mol. The molecule has 0 aliphatic carbocycles. The molecule has 0 rings (SSSR count).